The predicted molar refractivity (Wildman–Crippen MR) is 80.2 cm³/mol. The van der Waals surface area contributed by atoms with Crippen LogP contribution in [0.1, 0.15) is 28.8 Å². The van der Waals surface area contributed by atoms with Crippen LogP contribution in [0.3, 0.4) is 0 Å². The van der Waals surface area contributed by atoms with Gasteiger partial charge in [0.15, 0.2) is 5.82 Å². The Morgan fingerprint density at radius 2 is 2.19 bits per heavy atom. The number of pyridine rings is 1. The zero-order valence-electron chi connectivity index (χ0n) is 12.4. The molecule has 0 radical (unpaired) electrons. The second kappa shape index (κ2) is 6.30. The number of hydrogen-bond donors (Lipinski definition) is 1. The van der Waals surface area contributed by atoms with Crippen molar-refractivity contribution in [2.75, 3.05) is 24.3 Å². The Balaban J connectivity index is 2.23. The van der Waals surface area contributed by atoms with Gasteiger partial charge in [0.25, 0.3) is 0 Å². The fourth-order valence-electron chi connectivity index (χ4n) is 2.03. The molecule has 0 spiro atoms. The van der Waals surface area contributed by atoms with Crippen molar-refractivity contribution in [3.05, 3.63) is 41.5 Å². The second-order valence-electron chi connectivity index (χ2n) is 4.68. The third-order valence-electron chi connectivity index (χ3n) is 3.02. The lowest BCUT2D eigenvalue weighted by molar-refractivity contribution is 0.0527. The van der Waals surface area contributed by atoms with Crippen molar-refractivity contribution in [2.45, 2.75) is 20.4 Å². The molecule has 0 aromatic carbocycles. The molecule has 2 heterocycles. The quantitative estimate of drug-likeness (QED) is 0.851. The minimum atomic E-state index is -0.444. The first-order chi connectivity index (χ1) is 10.0. The largest absolute Gasteiger partial charge is 0.464 e. The Bertz CT molecular complexity index is 637. The first kappa shape index (κ1) is 14.9. The van der Waals surface area contributed by atoms with E-state index in [1.54, 1.807) is 19.2 Å². The number of furan rings is 1. The fraction of sp³-hybridized carbons (Fsp3) is 0.333. The minimum Gasteiger partial charge on any atom is -0.464 e. The van der Waals surface area contributed by atoms with E-state index in [1.165, 1.54) is 0 Å². The average Bonchev–Trinajstić information content (AvgIpc) is 2.84. The topological polar surface area (TPSA) is 81.6 Å². The molecule has 0 aliphatic rings. The van der Waals surface area contributed by atoms with Crippen molar-refractivity contribution in [3.63, 3.8) is 0 Å². The number of ether oxygens (including phenoxy) is 1. The van der Waals surface area contributed by atoms with Gasteiger partial charge in [-0.3, -0.25) is 0 Å². The summed E-state index contributed by atoms with van der Waals surface area (Å²) in [4.78, 5) is 17.9. The number of hydrogen-bond acceptors (Lipinski definition) is 6. The van der Waals surface area contributed by atoms with Crippen molar-refractivity contribution in [2.24, 2.45) is 0 Å². The fourth-order valence-corrected chi connectivity index (χ4v) is 2.03. The van der Waals surface area contributed by atoms with Crippen molar-refractivity contribution in [1.29, 1.82) is 0 Å². The normalized spacial score (nSPS) is 10.4. The van der Waals surface area contributed by atoms with Gasteiger partial charge in [0.05, 0.1) is 24.4 Å². The van der Waals surface area contributed by atoms with Crippen molar-refractivity contribution in [1.82, 2.24) is 4.98 Å². The van der Waals surface area contributed by atoms with Crippen molar-refractivity contribution in [3.8, 4) is 0 Å². The number of rotatable bonds is 5. The van der Waals surface area contributed by atoms with Gasteiger partial charge in [-0.1, -0.05) is 0 Å². The molecular weight excluding hydrogens is 270 g/mol. The van der Waals surface area contributed by atoms with Crippen LogP contribution in [-0.2, 0) is 11.3 Å². The molecule has 0 atom stereocenters. The SMILES string of the molecule is CCOC(=O)c1ccnc(N(C)Cc2ccc(C)o2)c1N. The summed E-state index contributed by atoms with van der Waals surface area (Å²) in [5.41, 5.74) is 6.67. The lowest BCUT2D eigenvalue weighted by Gasteiger charge is -2.19. The van der Waals surface area contributed by atoms with Crippen molar-refractivity contribution >= 4 is 17.5 Å². The van der Waals surface area contributed by atoms with Gasteiger partial charge in [-0.15, -0.1) is 0 Å². The van der Waals surface area contributed by atoms with Gasteiger partial charge < -0.3 is 19.8 Å². The Morgan fingerprint density at radius 1 is 1.43 bits per heavy atom. The maximum absolute atomic E-state index is 11.8. The van der Waals surface area contributed by atoms with E-state index in [4.69, 9.17) is 14.9 Å². The van der Waals surface area contributed by atoms with Crippen LogP contribution in [0.25, 0.3) is 0 Å². The zero-order valence-corrected chi connectivity index (χ0v) is 12.4. The van der Waals surface area contributed by atoms with E-state index < -0.39 is 5.97 Å². The molecule has 0 aliphatic heterocycles. The molecule has 0 saturated carbocycles. The zero-order chi connectivity index (χ0) is 15.4. The van der Waals surface area contributed by atoms with Crippen LogP contribution >= 0.6 is 0 Å². The van der Waals surface area contributed by atoms with Gasteiger partial charge in [-0.25, -0.2) is 9.78 Å². The van der Waals surface area contributed by atoms with Gasteiger partial charge in [-0.05, 0) is 32.0 Å². The molecule has 0 unspecified atom stereocenters. The van der Waals surface area contributed by atoms with E-state index in [0.29, 0.717) is 30.2 Å². The molecule has 2 aromatic heterocycles. The molecule has 6 heteroatoms. The monoisotopic (exact) mass is 289 g/mol. The second-order valence-corrected chi connectivity index (χ2v) is 4.68. The first-order valence-electron chi connectivity index (χ1n) is 6.71. The molecule has 0 aliphatic carbocycles. The van der Waals surface area contributed by atoms with E-state index in [1.807, 2.05) is 31.0 Å². The van der Waals surface area contributed by atoms with Crippen LogP contribution in [0.4, 0.5) is 11.5 Å². The highest BCUT2D eigenvalue weighted by molar-refractivity contribution is 5.97. The summed E-state index contributed by atoms with van der Waals surface area (Å²) in [6.45, 7) is 4.45. The third-order valence-corrected chi connectivity index (χ3v) is 3.02. The van der Waals surface area contributed by atoms with Crippen LogP contribution in [0.2, 0.25) is 0 Å². The Kier molecular flexibility index (Phi) is 4.47. The molecule has 112 valence electrons. The van der Waals surface area contributed by atoms with Crippen LogP contribution in [0.5, 0.6) is 0 Å². The molecule has 21 heavy (non-hydrogen) atoms. The maximum Gasteiger partial charge on any atom is 0.340 e. The summed E-state index contributed by atoms with van der Waals surface area (Å²) in [7, 11) is 1.84. The number of carbonyl (C=O) groups excluding carboxylic acids is 1. The number of nitrogens with two attached hydrogens (primary N) is 1. The van der Waals surface area contributed by atoms with Gasteiger partial charge in [-0.2, -0.15) is 0 Å². The van der Waals surface area contributed by atoms with E-state index >= 15 is 0 Å². The Hall–Kier alpha value is -2.50. The van der Waals surface area contributed by atoms with Crippen LogP contribution in [0.15, 0.2) is 28.8 Å². The average molecular weight is 289 g/mol. The summed E-state index contributed by atoms with van der Waals surface area (Å²) in [5, 5.41) is 0. The van der Waals surface area contributed by atoms with Gasteiger partial charge in [0, 0.05) is 13.2 Å². The lowest BCUT2D eigenvalue weighted by Crippen LogP contribution is -2.20. The third kappa shape index (κ3) is 3.34. The van der Waals surface area contributed by atoms with E-state index in [9.17, 15) is 4.79 Å². The first-order valence-corrected chi connectivity index (χ1v) is 6.71. The summed E-state index contributed by atoms with van der Waals surface area (Å²) in [5.74, 6) is 1.73. The number of esters is 1. The van der Waals surface area contributed by atoms with E-state index in [2.05, 4.69) is 4.98 Å². The Labute approximate surface area is 123 Å². The number of carbonyl (C=O) groups is 1. The van der Waals surface area contributed by atoms with Crippen LogP contribution < -0.4 is 10.6 Å². The van der Waals surface area contributed by atoms with Crippen LogP contribution in [-0.4, -0.2) is 24.6 Å². The summed E-state index contributed by atoms with van der Waals surface area (Å²) >= 11 is 0. The number of anilines is 2. The predicted octanol–water partition coefficient (Wildman–Crippen LogP) is 2.38. The van der Waals surface area contributed by atoms with Gasteiger partial charge in [0.2, 0.25) is 0 Å². The summed E-state index contributed by atoms with van der Waals surface area (Å²) in [6, 6.07) is 5.36. The van der Waals surface area contributed by atoms with Crippen LogP contribution in [0, 0.1) is 6.92 Å². The molecule has 0 bridgehead atoms. The molecule has 0 amide bonds. The van der Waals surface area contributed by atoms with Gasteiger partial charge >= 0.3 is 5.97 Å². The van der Waals surface area contributed by atoms with E-state index in [-0.39, 0.29) is 0 Å². The van der Waals surface area contributed by atoms with Gasteiger partial charge in [0.1, 0.15) is 11.5 Å². The highest BCUT2D eigenvalue weighted by atomic mass is 16.5. The van der Waals surface area contributed by atoms with E-state index in [0.717, 1.165) is 11.5 Å². The number of aryl methyl sites for hydroxylation is 1. The molecule has 2 N–H and O–H groups in total. The molecule has 0 saturated heterocycles. The lowest BCUT2D eigenvalue weighted by atomic mass is 10.2. The standard InChI is InChI=1S/C15H19N3O3/c1-4-20-15(19)12-7-8-17-14(13(12)16)18(3)9-11-6-5-10(2)21-11/h5-8H,4,9,16H2,1-3H3. The smallest absolute Gasteiger partial charge is 0.340 e. The number of nitrogens with zero attached hydrogens (tertiary/aromatic N) is 2. The number of aromatic nitrogens is 1. The summed E-state index contributed by atoms with van der Waals surface area (Å²) in [6.07, 6.45) is 1.54. The Morgan fingerprint density at radius 3 is 2.81 bits per heavy atom. The highest BCUT2D eigenvalue weighted by Gasteiger charge is 2.17. The minimum absolute atomic E-state index is 0.303. The maximum atomic E-state index is 11.8. The molecule has 2 rings (SSSR count). The molecular formula is C15H19N3O3. The number of nitrogen functional groups attached to an aromatic ring is 1. The summed E-state index contributed by atoms with van der Waals surface area (Å²) < 4.78 is 10.5. The highest BCUT2D eigenvalue weighted by Crippen LogP contribution is 2.25. The van der Waals surface area contributed by atoms with Crippen molar-refractivity contribution < 1.29 is 13.9 Å². The molecule has 6 nitrogen and oxygen atoms in total. The molecule has 2 aromatic rings. The molecule has 0 fully saturated rings.